The van der Waals surface area contributed by atoms with Gasteiger partial charge in [0.25, 0.3) is 0 Å². The molecule has 0 saturated carbocycles. The third-order valence-electron chi connectivity index (χ3n) is 4.54. The molecule has 0 amide bonds. The lowest BCUT2D eigenvalue weighted by molar-refractivity contribution is 0.374. The fourth-order valence-corrected chi connectivity index (χ4v) is 3.10. The number of nitrogens with zero attached hydrogens (tertiary/aromatic N) is 3. The second kappa shape index (κ2) is 12.2. The average molecular weight is 505 g/mol. The van der Waals surface area contributed by atoms with Crippen LogP contribution in [-0.2, 0) is 12.8 Å². The van der Waals surface area contributed by atoms with Crippen LogP contribution < -0.4 is 10.6 Å². The fourth-order valence-electron chi connectivity index (χ4n) is 3.10. The molecule has 7 heteroatoms. The molecular formula is C22H28IN5O. The number of benzene rings is 2. The third-order valence-corrected chi connectivity index (χ3v) is 4.54. The highest BCUT2D eigenvalue weighted by molar-refractivity contribution is 14.0. The molecule has 0 aliphatic rings. The first-order valence-corrected chi connectivity index (χ1v) is 9.57. The highest BCUT2D eigenvalue weighted by Crippen LogP contribution is 2.20. The van der Waals surface area contributed by atoms with Gasteiger partial charge in [-0.15, -0.1) is 24.0 Å². The number of hydrogen-bond donors (Lipinski definition) is 2. The van der Waals surface area contributed by atoms with Crippen LogP contribution in [0.25, 0.3) is 0 Å². The standard InChI is InChI=1S/C22H27N5O.HI/c1-17-26-21(28-27-17)13-14-24-22(23-2)25-16-20(19-11-7-4-8-12-19)15-18-9-5-3-6-10-18;/h3-12,20H,13-16H2,1-2H3,(H2,23,24,25);1H. The van der Waals surface area contributed by atoms with Crippen molar-refractivity contribution in [3.8, 4) is 0 Å². The Labute approximate surface area is 189 Å². The van der Waals surface area contributed by atoms with Crippen LogP contribution in [0.1, 0.15) is 28.8 Å². The first-order chi connectivity index (χ1) is 13.7. The lowest BCUT2D eigenvalue weighted by Gasteiger charge is -2.20. The van der Waals surface area contributed by atoms with Crippen molar-refractivity contribution >= 4 is 29.9 Å². The van der Waals surface area contributed by atoms with E-state index in [1.54, 1.807) is 7.05 Å². The molecule has 0 radical (unpaired) electrons. The maximum absolute atomic E-state index is 5.14. The van der Waals surface area contributed by atoms with Crippen LogP contribution in [0.15, 0.2) is 70.2 Å². The predicted molar refractivity (Wildman–Crippen MR) is 127 cm³/mol. The summed E-state index contributed by atoms with van der Waals surface area (Å²) in [6, 6.07) is 21.2. The van der Waals surface area contributed by atoms with Gasteiger partial charge in [0.2, 0.25) is 5.89 Å². The van der Waals surface area contributed by atoms with Crippen LogP contribution in [0.4, 0.5) is 0 Å². The molecule has 2 aromatic carbocycles. The molecule has 2 N–H and O–H groups in total. The van der Waals surface area contributed by atoms with Crippen LogP contribution in [-0.4, -0.2) is 36.2 Å². The number of aliphatic imine (C=N–C) groups is 1. The van der Waals surface area contributed by atoms with E-state index in [0.29, 0.717) is 30.6 Å². The molecule has 1 unspecified atom stereocenters. The third kappa shape index (κ3) is 7.49. The van der Waals surface area contributed by atoms with E-state index in [4.69, 9.17) is 4.52 Å². The Morgan fingerprint density at radius 1 is 1.03 bits per heavy atom. The lowest BCUT2D eigenvalue weighted by atomic mass is 9.92. The summed E-state index contributed by atoms with van der Waals surface area (Å²) >= 11 is 0. The van der Waals surface area contributed by atoms with Crippen molar-refractivity contribution < 1.29 is 4.52 Å². The van der Waals surface area contributed by atoms with Gasteiger partial charge < -0.3 is 15.2 Å². The largest absolute Gasteiger partial charge is 0.356 e. The maximum Gasteiger partial charge on any atom is 0.228 e. The minimum absolute atomic E-state index is 0. The number of halogens is 1. The zero-order valence-corrected chi connectivity index (χ0v) is 19.2. The van der Waals surface area contributed by atoms with Crippen molar-refractivity contribution in [2.24, 2.45) is 4.99 Å². The van der Waals surface area contributed by atoms with Gasteiger partial charge >= 0.3 is 0 Å². The quantitative estimate of drug-likeness (QED) is 0.277. The SMILES string of the molecule is CN=C(NCCc1nc(C)no1)NCC(Cc1ccccc1)c1ccccc1.I. The summed E-state index contributed by atoms with van der Waals surface area (Å²) in [4.78, 5) is 8.54. The molecule has 154 valence electrons. The molecule has 0 saturated heterocycles. The van der Waals surface area contributed by atoms with E-state index >= 15 is 0 Å². The van der Waals surface area contributed by atoms with E-state index in [-0.39, 0.29) is 24.0 Å². The van der Waals surface area contributed by atoms with Crippen LogP contribution >= 0.6 is 24.0 Å². The summed E-state index contributed by atoms with van der Waals surface area (Å²) < 4.78 is 5.14. The second-order valence-electron chi connectivity index (χ2n) is 6.66. The molecule has 0 aliphatic heterocycles. The van der Waals surface area contributed by atoms with E-state index < -0.39 is 0 Å². The molecular weight excluding hydrogens is 477 g/mol. The number of guanidine groups is 1. The first kappa shape index (κ1) is 22.9. The van der Waals surface area contributed by atoms with Crippen molar-refractivity contribution in [2.45, 2.75) is 25.7 Å². The van der Waals surface area contributed by atoms with E-state index in [9.17, 15) is 0 Å². The van der Waals surface area contributed by atoms with Crippen molar-refractivity contribution in [3.05, 3.63) is 83.5 Å². The molecule has 0 aliphatic carbocycles. The van der Waals surface area contributed by atoms with Crippen LogP contribution in [0.3, 0.4) is 0 Å². The van der Waals surface area contributed by atoms with Gasteiger partial charge in [0.1, 0.15) is 0 Å². The molecule has 0 bridgehead atoms. The van der Waals surface area contributed by atoms with Gasteiger partial charge in [-0.1, -0.05) is 65.8 Å². The van der Waals surface area contributed by atoms with Gasteiger partial charge in [0.05, 0.1) is 0 Å². The van der Waals surface area contributed by atoms with Crippen molar-refractivity contribution in [1.82, 2.24) is 20.8 Å². The summed E-state index contributed by atoms with van der Waals surface area (Å²) in [6.45, 7) is 3.28. The van der Waals surface area contributed by atoms with Gasteiger partial charge in [-0.05, 0) is 24.5 Å². The molecule has 3 rings (SSSR count). The molecule has 3 aromatic rings. The van der Waals surface area contributed by atoms with Gasteiger partial charge in [-0.2, -0.15) is 4.98 Å². The first-order valence-electron chi connectivity index (χ1n) is 9.57. The Hall–Kier alpha value is -2.42. The molecule has 6 nitrogen and oxygen atoms in total. The Morgan fingerprint density at radius 3 is 2.34 bits per heavy atom. The summed E-state index contributed by atoms with van der Waals surface area (Å²) in [5.74, 6) is 2.40. The highest BCUT2D eigenvalue weighted by Gasteiger charge is 2.13. The summed E-state index contributed by atoms with van der Waals surface area (Å²) in [5, 5.41) is 10.6. The number of aromatic nitrogens is 2. The molecule has 29 heavy (non-hydrogen) atoms. The molecule has 0 fully saturated rings. The van der Waals surface area contributed by atoms with Crippen molar-refractivity contribution in [2.75, 3.05) is 20.1 Å². The minimum atomic E-state index is 0. The van der Waals surface area contributed by atoms with E-state index in [0.717, 1.165) is 18.9 Å². The second-order valence-corrected chi connectivity index (χ2v) is 6.66. The van der Waals surface area contributed by atoms with Crippen molar-refractivity contribution in [1.29, 1.82) is 0 Å². The number of aryl methyl sites for hydroxylation is 1. The normalized spacial score (nSPS) is 12.1. The Morgan fingerprint density at radius 2 is 1.72 bits per heavy atom. The molecule has 1 heterocycles. The summed E-state index contributed by atoms with van der Waals surface area (Å²) in [6.07, 6.45) is 1.63. The number of nitrogens with one attached hydrogen (secondary N) is 2. The van der Waals surface area contributed by atoms with Crippen LogP contribution in [0, 0.1) is 6.92 Å². The highest BCUT2D eigenvalue weighted by atomic mass is 127. The summed E-state index contributed by atoms with van der Waals surface area (Å²) in [5.41, 5.74) is 2.64. The topological polar surface area (TPSA) is 75.3 Å². The number of rotatable bonds is 8. The monoisotopic (exact) mass is 505 g/mol. The lowest BCUT2D eigenvalue weighted by Crippen LogP contribution is -2.40. The van der Waals surface area contributed by atoms with Gasteiger partial charge in [0.15, 0.2) is 11.8 Å². The van der Waals surface area contributed by atoms with Gasteiger partial charge in [0, 0.05) is 32.5 Å². The minimum Gasteiger partial charge on any atom is -0.356 e. The predicted octanol–water partition coefficient (Wildman–Crippen LogP) is 3.73. The summed E-state index contributed by atoms with van der Waals surface area (Å²) in [7, 11) is 1.78. The zero-order valence-electron chi connectivity index (χ0n) is 16.8. The molecule has 1 aromatic heterocycles. The Bertz CT molecular complexity index is 867. The maximum atomic E-state index is 5.14. The smallest absolute Gasteiger partial charge is 0.228 e. The van der Waals surface area contributed by atoms with Gasteiger partial charge in [-0.3, -0.25) is 4.99 Å². The van der Waals surface area contributed by atoms with E-state index in [1.807, 2.05) is 6.92 Å². The van der Waals surface area contributed by atoms with E-state index in [2.05, 4.69) is 86.4 Å². The van der Waals surface area contributed by atoms with Crippen molar-refractivity contribution in [3.63, 3.8) is 0 Å². The Balaban J connectivity index is 0.00000300. The van der Waals surface area contributed by atoms with Crippen LogP contribution in [0.2, 0.25) is 0 Å². The Kier molecular flexibility index (Phi) is 9.63. The van der Waals surface area contributed by atoms with Crippen LogP contribution in [0.5, 0.6) is 0 Å². The van der Waals surface area contributed by atoms with Gasteiger partial charge in [-0.25, -0.2) is 0 Å². The molecule has 1 atom stereocenters. The average Bonchev–Trinajstić information content (AvgIpc) is 3.16. The zero-order chi connectivity index (χ0) is 19.6. The fraction of sp³-hybridized carbons (Fsp3) is 0.318. The molecule has 0 spiro atoms. The van der Waals surface area contributed by atoms with E-state index in [1.165, 1.54) is 11.1 Å². The number of hydrogen-bond acceptors (Lipinski definition) is 4.